The van der Waals surface area contributed by atoms with Crippen LogP contribution in [0, 0.1) is 13.8 Å². The van der Waals surface area contributed by atoms with Crippen LogP contribution in [0.4, 0.5) is 0 Å². The van der Waals surface area contributed by atoms with E-state index in [9.17, 15) is 0 Å². The third-order valence-corrected chi connectivity index (χ3v) is 3.44. The number of rotatable bonds is 2. The molecule has 0 aliphatic rings. The molecule has 0 fully saturated rings. The fraction of sp³-hybridized carbons (Fsp3) is 0.176. The molecule has 0 atom stereocenters. The number of hydrogen-bond acceptors (Lipinski definition) is 2. The second-order valence-corrected chi connectivity index (χ2v) is 4.78. The van der Waals surface area contributed by atoms with E-state index in [-0.39, 0.29) is 0 Å². The maximum absolute atomic E-state index is 5.97. The molecule has 2 heteroatoms. The number of aryl methyl sites for hydroxylation is 2. The Bertz CT molecular complexity index is 721. The van der Waals surface area contributed by atoms with Gasteiger partial charge in [-0.25, -0.2) is 0 Å². The van der Waals surface area contributed by atoms with Crippen LogP contribution in [0.25, 0.3) is 22.3 Å². The van der Waals surface area contributed by atoms with Gasteiger partial charge in [0.05, 0.1) is 7.11 Å². The SMILES string of the molecule is COc1ccc(-c2oc3ccc(C)cc3c2C)cc1. The summed E-state index contributed by atoms with van der Waals surface area (Å²) in [6.07, 6.45) is 0. The zero-order valence-electron chi connectivity index (χ0n) is 11.4. The van der Waals surface area contributed by atoms with E-state index in [4.69, 9.17) is 9.15 Å². The number of hydrogen-bond donors (Lipinski definition) is 0. The maximum atomic E-state index is 5.97. The van der Waals surface area contributed by atoms with E-state index in [1.807, 2.05) is 30.3 Å². The summed E-state index contributed by atoms with van der Waals surface area (Å²) in [5.41, 5.74) is 4.45. The van der Waals surface area contributed by atoms with Crippen LogP contribution in [-0.4, -0.2) is 7.11 Å². The number of ether oxygens (including phenoxy) is 1. The van der Waals surface area contributed by atoms with Crippen molar-refractivity contribution in [3.8, 4) is 17.1 Å². The molecular formula is C17H16O2. The molecule has 0 amide bonds. The fourth-order valence-corrected chi connectivity index (χ4v) is 2.35. The van der Waals surface area contributed by atoms with Crippen molar-refractivity contribution in [1.82, 2.24) is 0 Å². The number of benzene rings is 2. The number of furan rings is 1. The highest BCUT2D eigenvalue weighted by Gasteiger charge is 2.12. The van der Waals surface area contributed by atoms with E-state index in [2.05, 4.69) is 26.0 Å². The van der Waals surface area contributed by atoms with Crippen molar-refractivity contribution in [2.24, 2.45) is 0 Å². The summed E-state index contributed by atoms with van der Waals surface area (Å²) in [7, 11) is 1.67. The second kappa shape index (κ2) is 4.47. The van der Waals surface area contributed by atoms with Crippen molar-refractivity contribution >= 4 is 11.0 Å². The summed E-state index contributed by atoms with van der Waals surface area (Å²) < 4.78 is 11.2. The minimum atomic E-state index is 0.855. The molecule has 0 unspecified atom stereocenters. The van der Waals surface area contributed by atoms with E-state index in [1.165, 1.54) is 16.5 Å². The highest BCUT2D eigenvalue weighted by Crippen LogP contribution is 2.34. The van der Waals surface area contributed by atoms with E-state index < -0.39 is 0 Å². The van der Waals surface area contributed by atoms with Crippen LogP contribution in [0.5, 0.6) is 5.75 Å². The summed E-state index contributed by atoms with van der Waals surface area (Å²) in [6.45, 7) is 4.20. The molecule has 0 aliphatic carbocycles. The third kappa shape index (κ3) is 1.99. The Hall–Kier alpha value is -2.22. The zero-order valence-corrected chi connectivity index (χ0v) is 11.4. The van der Waals surface area contributed by atoms with Gasteiger partial charge in [-0.05, 0) is 50.2 Å². The molecule has 96 valence electrons. The summed E-state index contributed by atoms with van der Waals surface area (Å²) in [4.78, 5) is 0. The Kier molecular flexibility index (Phi) is 2.79. The Morgan fingerprint density at radius 3 is 2.37 bits per heavy atom. The Labute approximate surface area is 112 Å². The van der Waals surface area contributed by atoms with Gasteiger partial charge in [-0.1, -0.05) is 11.6 Å². The van der Waals surface area contributed by atoms with E-state index in [0.29, 0.717) is 0 Å². The number of methoxy groups -OCH3 is 1. The van der Waals surface area contributed by atoms with Crippen LogP contribution in [0.2, 0.25) is 0 Å². The number of fused-ring (bicyclic) bond motifs is 1. The third-order valence-electron chi connectivity index (χ3n) is 3.44. The molecule has 2 aromatic carbocycles. The lowest BCUT2D eigenvalue weighted by Crippen LogP contribution is -1.82. The van der Waals surface area contributed by atoms with E-state index >= 15 is 0 Å². The van der Waals surface area contributed by atoms with Gasteiger partial charge in [0.15, 0.2) is 0 Å². The summed E-state index contributed by atoms with van der Waals surface area (Å²) in [5.74, 6) is 1.79. The Morgan fingerprint density at radius 1 is 0.947 bits per heavy atom. The first-order chi connectivity index (χ1) is 9.19. The van der Waals surface area contributed by atoms with Crippen molar-refractivity contribution in [1.29, 1.82) is 0 Å². The van der Waals surface area contributed by atoms with Crippen molar-refractivity contribution in [3.63, 3.8) is 0 Å². The minimum Gasteiger partial charge on any atom is -0.497 e. The van der Waals surface area contributed by atoms with Crippen molar-refractivity contribution in [3.05, 3.63) is 53.6 Å². The van der Waals surface area contributed by atoms with E-state index in [0.717, 1.165) is 22.7 Å². The highest BCUT2D eigenvalue weighted by molar-refractivity contribution is 5.88. The first-order valence-corrected chi connectivity index (χ1v) is 6.33. The molecule has 0 bridgehead atoms. The van der Waals surface area contributed by atoms with Crippen LogP contribution < -0.4 is 4.74 Å². The van der Waals surface area contributed by atoms with E-state index in [1.54, 1.807) is 7.11 Å². The van der Waals surface area contributed by atoms with Gasteiger partial charge in [0, 0.05) is 16.5 Å². The normalized spacial score (nSPS) is 10.9. The van der Waals surface area contributed by atoms with Crippen LogP contribution in [-0.2, 0) is 0 Å². The standard InChI is InChI=1S/C17H16O2/c1-11-4-9-16-15(10-11)12(2)17(19-16)13-5-7-14(18-3)8-6-13/h4-10H,1-3H3. The smallest absolute Gasteiger partial charge is 0.138 e. The highest BCUT2D eigenvalue weighted by atomic mass is 16.5. The average molecular weight is 252 g/mol. The molecule has 1 aromatic heterocycles. The van der Waals surface area contributed by atoms with Crippen LogP contribution >= 0.6 is 0 Å². The van der Waals surface area contributed by atoms with Crippen molar-refractivity contribution in [2.75, 3.05) is 7.11 Å². The Morgan fingerprint density at radius 2 is 1.68 bits per heavy atom. The van der Waals surface area contributed by atoms with Crippen LogP contribution in [0.3, 0.4) is 0 Å². The predicted molar refractivity (Wildman–Crippen MR) is 77.7 cm³/mol. The first-order valence-electron chi connectivity index (χ1n) is 6.33. The molecule has 1 heterocycles. The fourth-order valence-electron chi connectivity index (χ4n) is 2.35. The minimum absolute atomic E-state index is 0.855. The summed E-state index contributed by atoms with van der Waals surface area (Å²) >= 11 is 0. The molecule has 0 aliphatic heterocycles. The molecule has 2 nitrogen and oxygen atoms in total. The second-order valence-electron chi connectivity index (χ2n) is 4.78. The molecule has 0 saturated heterocycles. The van der Waals surface area contributed by atoms with Gasteiger partial charge in [0.1, 0.15) is 17.1 Å². The van der Waals surface area contributed by atoms with Gasteiger partial charge in [-0.2, -0.15) is 0 Å². The van der Waals surface area contributed by atoms with Crippen LogP contribution in [0.15, 0.2) is 46.9 Å². The molecule has 0 saturated carbocycles. The Balaban J connectivity index is 2.16. The van der Waals surface area contributed by atoms with Crippen molar-refractivity contribution < 1.29 is 9.15 Å². The lowest BCUT2D eigenvalue weighted by Gasteiger charge is -2.01. The molecule has 0 spiro atoms. The topological polar surface area (TPSA) is 22.4 Å². The molecule has 3 aromatic rings. The van der Waals surface area contributed by atoms with Crippen LogP contribution in [0.1, 0.15) is 11.1 Å². The quantitative estimate of drug-likeness (QED) is 0.658. The maximum Gasteiger partial charge on any atom is 0.138 e. The predicted octanol–water partition coefficient (Wildman–Crippen LogP) is 4.73. The average Bonchev–Trinajstić information content (AvgIpc) is 2.76. The van der Waals surface area contributed by atoms with Gasteiger partial charge < -0.3 is 9.15 Å². The zero-order chi connectivity index (χ0) is 13.4. The van der Waals surface area contributed by atoms with Crippen molar-refractivity contribution in [2.45, 2.75) is 13.8 Å². The monoisotopic (exact) mass is 252 g/mol. The summed E-state index contributed by atoms with van der Waals surface area (Å²) in [5, 5.41) is 1.19. The lowest BCUT2D eigenvalue weighted by atomic mass is 10.1. The van der Waals surface area contributed by atoms with Gasteiger partial charge in [0.25, 0.3) is 0 Å². The van der Waals surface area contributed by atoms with Gasteiger partial charge in [0.2, 0.25) is 0 Å². The molecule has 0 radical (unpaired) electrons. The lowest BCUT2D eigenvalue weighted by molar-refractivity contribution is 0.415. The molecular weight excluding hydrogens is 236 g/mol. The molecule has 19 heavy (non-hydrogen) atoms. The first kappa shape index (κ1) is 11.8. The molecule has 3 rings (SSSR count). The van der Waals surface area contributed by atoms with Gasteiger partial charge in [-0.3, -0.25) is 0 Å². The van der Waals surface area contributed by atoms with Gasteiger partial charge in [-0.15, -0.1) is 0 Å². The molecule has 0 N–H and O–H groups in total. The summed E-state index contributed by atoms with van der Waals surface area (Å²) in [6, 6.07) is 14.2. The van der Waals surface area contributed by atoms with Gasteiger partial charge >= 0.3 is 0 Å². The largest absolute Gasteiger partial charge is 0.497 e.